The van der Waals surface area contributed by atoms with Crippen molar-refractivity contribution >= 4 is 40.4 Å². The Bertz CT molecular complexity index is 1180. The third kappa shape index (κ3) is 4.44. The number of anilines is 1. The summed E-state index contributed by atoms with van der Waals surface area (Å²) in [4.78, 5) is 28.7. The van der Waals surface area contributed by atoms with Crippen LogP contribution in [0.3, 0.4) is 0 Å². The van der Waals surface area contributed by atoms with Gasteiger partial charge in [-0.3, -0.25) is 4.79 Å². The lowest BCUT2D eigenvalue weighted by atomic mass is 10.3. The molecule has 0 unspecified atom stereocenters. The zero-order chi connectivity index (χ0) is 21.1. The minimum absolute atomic E-state index is 0.154. The molecule has 0 fully saturated rings. The Labute approximate surface area is 178 Å². The molecular weight excluding hydrogens is 427 g/mol. The summed E-state index contributed by atoms with van der Waals surface area (Å²) in [5.41, 5.74) is 2.34. The van der Waals surface area contributed by atoms with Gasteiger partial charge < -0.3 is 10.1 Å². The van der Waals surface area contributed by atoms with Crippen LogP contribution in [0, 0.1) is 12.7 Å². The molecule has 0 aliphatic carbocycles. The number of rotatable bonds is 6. The summed E-state index contributed by atoms with van der Waals surface area (Å²) in [5, 5.41) is 13.1. The number of nitrogens with zero attached hydrogens (tertiary/aromatic N) is 3. The molecule has 0 atom stereocenters. The van der Waals surface area contributed by atoms with Crippen LogP contribution in [0.15, 0.2) is 52.5 Å². The Kier molecular flexibility index (Phi) is 5.68. The van der Waals surface area contributed by atoms with Crippen molar-refractivity contribution in [2.24, 2.45) is 0 Å². The van der Waals surface area contributed by atoms with E-state index in [1.807, 2.05) is 16.8 Å². The Morgan fingerprint density at radius 3 is 2.73 bits per heavy atom. The molecule has 0 bridgehead atoms. The number of hydrogen-bond acceptors (Lipinski definition) is 7. The molecule has 1 amide bonds. The number of carbonyl (C=O) groups is 2. The summed E-state index contributed by atoms with van der Waals surface area (Å²) in [6.07, 6.45) is 0. The number of amides is 1. The predicted molar refractivity (Wildman–Crippen MR) is 113 cm³/mol. The van der Waals surface area contributed by atoms with Gasteiger partial charge in [0.1, 0.15) is 16.6 Å². The highest BCUT2D eigenvalue weighted by atomic mass is 32.1. The van der Waals surface area contributed by atoms with Gasteiger partial charge in [-0.25, -0.2) is 18.9 Å². The first-order valence-electron chi connectivity index (χ1n) is 8.77. The number of halogens is 1. The molecule has 10 heteroatoms. The molecule has 30 heavy (non-hydrogen) atoms. The van der Waals surface area contributed by atoms with Crippen LogP contribution in [-0.2, 0) is 9.53 Å². The van der Waals surface area contributed by atoms with Gasteiger partial charge in [-0.05, 0) is 42.6 Å². The lowest BCUT2D eigenvalue weighted by Crippen LogP contribution is -2.22. The molecule has 4 rings (SSSR count). The third-order valence-corrected chi connectivity index (χ3v) is 5.56. The number of thiazole rings is 1. The van der Waals surface area contributed by atoms with E-state index < -0.39 is 18.5 Å². The van der Waals surface area contributed by atoms with Crippen molar-refractivity contribution in [3.63, 3.8) is 0 Å². The maximum atomic E-state index is 13.2. The Balaban J connectivity index is 1.38. The molecule has 152 valence electrons. The Morgan fingerprint density at radius 2 is 2.00 bits per heavy atom. The standard InChI is InChI=1S/C20H15FN4O3S2/c1-12-8-17(25(24-12)15-4-2-14(21)3-5-15)23-18(26)9-28-20(27)16-11-30-19(22-16)13-6-7-29-10-13/h2-8,10-11H,9H2,1H3,(H,23,26). The molecule has 0 aliphatic rings. The lowest BCUT2D eigenvalue weighted by Gasteiger charge is -2.09. The van der Waals surface area contributed by atoms with E-state index in [1.165, 1.54) is 28.2 Å². The lowest BCUT2D eigenvalue weighted by molar-refractivity contribution is -0.119. The van der Waals surface area contributed by atoms with Crippen LogP contribution in [0.4, 0.5) is 10.2 Å². The molecule has 4 aromatic rings. The van der Waals surface area contributed by atoms with E-state index in [2.05, 4.69) is 15.4 Å². The number of aromatic nitrogens is 3. The van der Waals surface area contributed by atoms with Gasteiger partial charge in [-0.2, -0.15) is 16.4 Å². The van der Waals surface area contributed by atoms with Crippen molar-refractivity contribution in [1.29, 1.82) is 0 Å². The third-order valence-electron chi connectivity index (χ3n) is 3.99. The fourth-order valence-electron chi connectivity index (χ4n) is 2.64. The quantitative estimate of drug-likeness (QED) is 0.450. The molecule has 0 saturated carbocycles. The van der Waals surface area contributed by atoms with Crippen LogP contribution in [-0.4, -0.2) is 33.2 Å². The first-order valence-corrected chi connectivity index (χ1v) is 10.6. The minimum atomic E-state index is -0.675. The fourth-order valence-corrected chi connectivity index (χ4v) is 4.14. The second-order valence-corrected chi connectivity index (χ2v) is 7.87. The van der Waals surface area contributed by atoms with Gasteiger partial charge in [-0.1, -0.05) is 0 Å². The van der Waals surface area contributed by atoms with Crippen LogP contribution in [0.5, 0.6) is 0 Å². The zero-order valence-corrected chi connectivity index (χ0v) is 17.3. The molecule has 0 aliphatic heterocycles. The van der Waals surface area contributed by atoms with Crippen LogP contribution >= 0.6 is 22.7 Å². The SMILES string of the molecule is Cc1cc(NC(=O)COC(=O)c2csc(-c3ccsc3)n2)n(-c2ccc(F)cc2)n1. The smallest absolute Gasteiger partial charge is 0.358 e. The van der Waals surface area contributed by atoms with Crippen molar-refractivity contribution in [3.8, 4) is 16.3 Å². The van der Waals surface area contributed by atoms with E-state index in [-0.39, 0.29) is 11.5 Å². The molecule has 1 aromatic carbocycles. The van der Waals surface area contributed by atoms with E-state index >= 15 is 0 Å². The summed E-state index contributed by atoms with van der Waals surface area (Å²) in [5.74, 6) is -1.19. The van der Waals surface area contributed by atoms with Crippen molar-refractivity contribution < 1.29 is 18.7 Å². The minimum Gasteiger partial charge on any atom is -0.451 e. The molecule has 0 radical (unpaired) electrons. The van der Waals surface area contributed by atoms with Gasteiger partial charge >= 0.3 is 5.97 Å². The van der Waals surface area contributed by atoms with Gasteiger partial charge in [0.2, 0.25) is 0 Å². The maximum absolute atomic E-state index is 13.2. The highest BCUT2D eigenvalue weighted by molar-refractivity contribution is 7.14. The van der Waals surface area contributed by atoms with Crippen molar-refractivity contribution in [1.82, 2.24) is 14.8 Å². The summed E-state index contributed by atoms with van der Waals surface area (Å²) in [6, 6.07) is 9.28. The first kappa shape index (κ1) is 19.9. The molecule has 0 saturated heterocycles. The largest absolute Gasteiger partial charge is 0.451 e. The summed E-state index contributed by atoms with van der Waals surface area (Å²) < 4.78 is 19.7. The first-order chi connectivity index (χ1) is 14.5. The van der Waals surface area contributed by atoms with Gasteiger partial charge in [0.05, 0.1) is 11.4 Å². The number of esters is 1. The topological polar surface area (TPSA) is 86.1 Å². The van der Waals surface area contributed by atoms with Crippen LogP contribution in [0.25, 0.3) is 16.3 Å². The number of carbonyl (C=O) groups excluding carboxylic acids is 2. The van der Waals surface area contributed by atoms with E-state index in [0.29, 0.717) is 22.2 Å². The van der Waals surface area contributed by atoms with E-state index in [1.54, 1.807) is 41.8 Å². The van der Waals surface area contributed by atoms with Crippen molar-refractivity contribution in [2.75, 3.05) is 11.9 Å². The molecule has 0 spiro atoms. The van der Waals surface area contributed by atoms with Gasteiger partial charge in [0.25, 0.3) is 5.91 Å². The molecule has 7 nitrogen and oxygen atoms in total. The molecule has 3 aromatic heterocycles. The monoisotopic (exact) mass is 442 g/mol. The van der Waals surface area contributed by atoms with Crippen LogP contribution < -0.4 is 5.32 Å². The van der Waals surface area contributed by atoms with E-state index in [4.69, 9.17) is 4.74 Å². The van der Waals surface area contributed by atoms with Crippen molar-refractivity contribution in [3.05, 3.63) is 69.7 Å². The number of ether oxygens (including phenoxy) is 1. The molecular formula is C20H15FN4O3S2. The highest BCUT2D eigenvalue weighted by Crippen LogP contribution is 2.26. The Morgan fingerprint density at radius 1 is 1.20 bits per heavy atom. The Hall–Kier alpha value is -3.37. The fraction of sp³-hybridized carbons (Fsp3) is 0.100. The number of thiophene rings is 1. The van der Waals surface area contributed by atoms with Crippen LogP contribution in [0.1, 0.15) is 16.2 Å². The average Bonchev–Trinajstić information content (AvgIpc) is 3.47. The number of aryl methyl sites for hydroxylation is 1. The van der Waals surface area contributed by atoms with Crippen molar-refractivity contribution in [2.45, 2.75) is 6.92 Å². The van der Waals surface area contributed by atoms with E-state index in [0.717, 1.165) is 5.56 Å². The second-order valence-electron chi connectivity index (χ2n) is 6.23. The summed E-state index contributed by atoms with van der Waals surface area (Å²) in [7, 11) is 0. The highest BCUT2D eigenvalue weighted by Gasteiger charge is 2.17. The molecule has 1 N–H and O–H groups in total. The maximum Gasteiger partial charge on any atom is 0.358 e. The normalized spacial score (nSPS) is 10.7. The van der Waals surface area contributed by atoms with E-state index in [9.17, 15) is 14.0 Å². The average molecular weight is 442 g/mol. The van der Waals surface area contributed by atoms with Gasteiger partial charge in [-0.15, -0.1) is 11.3 Å². The second kappa shape index (κ2) is 8.56. The molecule has 3 heterocycles. The van der Waals surface area contributed by atoms with Crippen LogP contribution in [0.2, 0.25) is 0 Å². The number of nitrogens with one attached hydrogen (secondary N) is 1. The predicted octanol–water partition coefficient (Wildman–Crippen LogP) is 4.30. The number of hydrogen-bond donors (Lipinski definition) is 1. The van der Waals surface area contributed by atoms with Gasteiger partial charge in [0.15, 0.2) is 12.3 Å². The zero-order valence-electron chi connectivity index (χ0n) is 15.7. The summed E-state index contributed by atoms with van der Waals surface area (Å²) in [6.45, 7) is 1.29. The summed E-state index contributed by atoms with van der Waals surface area (Å²) >= 11 is 2.87. The van der Waals surface area contributed by atoms with Gasteiger partial charge in [0, 0.05) is 22.4 Å². The number of benzene rings is 1.